The van der Waals surface area contributed by atoms with Crippen LogP contribution in [0, 0.1) is 10.1 Å². The summed E-state index contributed by atoms with van der Waals surface area (Å²) in [5.74, 6) is -0.140. The first-order valence-electron chi connectivity index (χ1n) is 7.49. The molecule has 1 amide bonds. The molecule has 1 fully saturated rings. The monoisotopic (exact) mass is 356 g/mol. The number of non-ortho nitro benzene ring substituents is 1. The Balaban J connectivity index is 1.93. The number of nitrogens with one attached hydrogen (secondary N) is 2. The molecular formula is C14H20N4O5S. The van der Waals surface area contributed by atoms with Crippen molar-refractivity contribution in [2.75, 3.05) is 50.0 Å². The van der Waals surface area contributed by atoms with Gasteiger partial charge in [0.05, 0.1) is 22.0 Å². The van der Waals surface area contributed by atoms with Crippen LogP contribution in [0.4, 0.5) is 11.4 Å². The number of amides is 1. The summed E-state index contributed by atoms with van der Waals surface area (Å²) in [5.41, 5.74) is 0.551. The van der Waals surface area contributed by atoms with E-state index in [-0.39, 0.29) is 22.8 Å². The Morgan fingerprint density at radius 1 is 1.33 bits per heavy atom. The fraction of sp³-hybridized carbons (Fsp3) is 0.500. The fourth-order valence-electron chi connectivity index (χ4n) is 2.45. The van der Waals surface area contributed by atoms with E-state index in [2.05, 4.69) is 10.6 Å². The minimum atomic E-state index is -2.92. The average molecular weight is 356 g/mol. The molecule has 132 valence electrons. The zero-order valence-corrected chi connectivity index (χ0v) is 14.1. The van der Waals surface area contributed by atoms with Crippen LogP contribution in [0.15, 0.2) is 18.2 Å². The van der Waals surface area contributed by atoms with Crippen molar-refractivity contribution in [1.29, 1.82) is 0 Å². The molecular weight excluding hydrogens is 336 g/mol. The third-order valence-corrected chi connectivity index (χ3v) is 5.49. The number of hydrogen-bond donors (Lipinski definition) is 2. The van der Waals surface area contributed by atoms with Gasteiger partial charge in [0.1, 0.15) is 0 Å². The van der Waals surface area contributed by atoms with Gasteiger partial charge in [-0.3, -0.25) is 19.8 Å². The van der Waals surface area contributed by atoms with E-state index in [1.807, 2.05) is 4.90 Å². The first-order valence-corrected chi connectivity index (χ1v) is 9.32. The van der Waals surface area contributed by atoms with Gasteiger partial charge in [0.15, 0.2) is 9.84 Å². The maximum atomic E-state index is 12.3. The maximum Gasteiger partial charge on any atom is 0.270 e. The Hall–Kier alpha value is -2.20. The molecule has 0 atom stereocenters. The molecule has 9 nitrogen and oxygen atoms in total. The Morgan fingerprint density at radius 2 is 2.00 bits per heavy atom. The van der Waals surface area contributed by atoms with Crippen LogP contribution in [0.1, 0.15) is 10.4 Å². The van der Waals surface area contributed by atoms with Crippen LogP contribution < -0.4 is 10.6 Å². The minimum Gasteiger partial charge on any atom is -0.387 e. The van der Waals surface area contributed by atoms with Crippen molar-refractivity contribution in [1.82, 2.24) is 10.2 Å². The molecule has 0 unspecified atom stereocenters. The molecule has 0 aliphatic carbocycles. The third kappa shape index (κ3) is 4.65. The molecule has 24 heavy (non-hydrogen) atoms. The molecule has 2 N–H and O–H groups in total. The Kier molecular flexibility index (Phi) is 5.73. The molecule has 0 radical (unpaired) electrons. The number of carbonyl (C=O) groups excluding carboxylic acids is 1. The van der Waals surface area contributed by atoms with E-state index in [1.54, 1.807) is 7.05 Å². The predicted molar refractivity (Wildman–Crippen MR) is 90.1 cm³/mol. The quantitative estimate of drug-likeness (QED) is 0.547. The van der Waals surface area contributed by atoms with E-state index in [1.165, 1.54) is 18.2 Å². The lowest BCUT2D eigenvalue weighted by Crippen LogP contribution is -2.43. The number of hydrogen-bond acceptors (Lipinski definition) is 7. The summed E-state index contributed by atoms with van der Waals surface area (Å²) in [6.07, 6.45) is 0. The second-order valence-corrected chi connectivity index (χ2v) is 7.79. The zero-order chi connectivity index (χ0) is 17.7. The topological polar surface area (TPSA) is 122 Å². The number of rotatable bonds is 6. The van der Waals surface area contributed by atoms with Gasteiger partial charge < -0.3 is 10.6 Å². The molecule has 0 saturated carbocycles. The van der Waals surface area contributed by atoms with Crippen LogP contribution in [0.5, 0.6) is 0 Å². The van der Waals surface area contributed by atoms with Crippen LogP contribution in [0.2, 0.25) is 0 Å². The summed E-state index contributed by atoms with van der Waals surface area (Å²) >= 11 is 0. The lowest BCUT2D eigenvalue weighted by Gasteiger charge is -2.26. The average Bonchev–Trinajstić information content (AvgIpc) is 2.55. The highest BCUT2D eigenvalue weighted by atomic mass is 32.2. The highest BCUT2D eigenvalue weighted by molar-refractivity contribution is 7.91. The summed E-state index contributed by atoms with van der Waals surface area (Å²) in [7, 11) is -1.29. The van der Waals surface area contributed by atoms with Crippen LogP contribution in [-0.2, 0) is 9.84 Å². The van der Waals surface area contributed by atoms with E-state index in [0.717, 1.165) is 0 Å². The van der Waals surface area contributed by atoms with E-state index < -0.39 is 20.7 Å². The maximum absolute atomic E-state index is 12.3. The van der Waals surface area contributed by atoms with E-state index >= 15 is 0 Å². The molecule has 1 heterocycles. The predicted octanol–water partition coefficient (Wildman–Crippen LogP) is 0.0967. The van der Waals surface area contributed by atoms with Gasteiger partial charge in [-0.15, -0.1) is 0 Å². The van der Waals surface area contributed by atoms with Crippen molar-refractivity contribution in [3.63, 3.8) is 0 Å². The molecule has 1 aromatic carbocycles. The Bertz CT molecular complexity index is 721. The Labute approximate surface area is 140 Å². The SMILES string of the molecule is CNc1ccc([N+](=O)[O-])cc1C(=O)NCCN1CCS(=O)(=O)CC1. The van der Waals surface area contributed by atoms with Crippen LogP contribution >= 0.6 is 0 Å². The number of carbonyl (C=O) groups is 1. The smallest absolute Gasteiger partial charge is 0.270 e. The van der Waals surface area contributed by atoms with Crippen molar-refractivity contribution in [3.8, 4) is 0 Å². The van der Waals surface area contributed by atoms with Gasteiger partial charge in [-0.25, -0.2) is 8.42 Å². The largest absolute Gasteiger partial charge is 0.387 e. The van der Waals surface area contributed by atoms with Crippen molar-refractivity contribution in [2.24, 2.45) is 0 Å². The number of nitro groups is 1. The normalized spacial score (nSPS) is 17.2. The highest BCUT2D eigenvalue weighted by Gasteiger charge is 2.21. The van der Waals surface area contributed by atoms with Crippen molar-refractivity contribution in [2.45, 2.75) is 0 Å². The number of anilines is 1. The van der Waals surface area contributed by atoms with Gasteiger partial charge in [0.25, 0.3) is 11.6 Å². The van der Waals surface area contributed by atoms with Crippen molar-refractivity contribution >= 4 is 27.1 Å². The molecule has 1 saturated heterocycles. The fourth-order valence-corrected chi connectivity index (χ4v) is 3.73. The second kappa shape index (κ2) is 7.58. The van der Waals surface area contributed by atoms with E-state index in [4.69, 9.17) is 0 Å². The third-order valence-electron chi connectivity index (χ3n) is 3.88. The standard InChI is InChI=1S/C14H20N4O5S/c1-15-13-3-2-11(18(20)21)10-12(13)14(19)16-4-5-17-6-8-24(22,23)9-7-17/h2-3,10,15H,4-9H2,1H3,(H,16,19). The summed E-state index contributed by atoms with van der Waals surface area (Å²) in [5, 5.41) is 16.4. The lowest BCUT2D eigenvalue weighted by atomic mass is 10.1. The Morgan fingerprint density at radius 3 is 2.58 bits per heavy atom. The summed E-state index contributed by atoms with van der Waals surface area (Å²) < 4.78 is 22.7. The minimum absolute atomic E-state index is 0.135. The van der Waals surface area contributed by atoms with Gasteiger partial charge in [-0.1, -0.05) is 0 Å². The molecule has 10 heteroatoms. The van der Waals surface area contributed by atoms with Crippen LogP contribution in [0.3, 0.4) is 0 Å². The van der Waals surface area contributed by atoms with Gasteiger partial charge >= 0.3 is 0 Å². The van der Waals surface area contributed by atoms with E-state index in [9.17, 15) is 23.3 Å². The number of nitrogens with zero attached hydrogens (tertiary/aromatic N) is 2. The van der Waals surface area contributed by atoms with Gasteiger partial charge in [0.2, 0.25) is 0 Å². The van der Waals surface area contributed by atoms with Crippen LogP contribution in [-0.4, -0.2) is 68.9 Å². The molecule has 1 aromatic rings. The summed E-state index contributed by atoms with van der Waals surface area (Å²) in [6, 6.07) is 4.05. The van der Waals surface area contributed by atoms with Crippen LogP contribution in [0.25, 0.3) is 0 Å². The van der Waals surface area contributed by atoms with Gasteiger partial charge in [-0.05, 0) is 6.07 Å². The summed E-state index contributed by atoms with van der Waals surface area (Å²) in [4.78, 5) is 24.5. The second-order valence-electron chi connectivity index (χ2n) is 5.49. The molecule has 1 aliphatic rings. The first-order chi connectivity index (χ1) is 11.3. The summed E-state index contributed by atoms with van der Waals surface area (Å²) in [6.45, 7) is 1.78. The van der Waals surface area contributed by atoms with Crippen molar-refractivity contribution in [3.05, 3.63) is 33.9 Å². The van der Waals surface area contributed by atoms with E-state index in [0.29, 0.717) is 31.9 Å². The first kappa shape index (κ1) is 18.1. The number of nitro benzene ring substituents is 1. The zero-order valence-electron chi connectivity index (χ0n) is 13.3. The number of sulfone groups is 1. The molecule has 0 bridgehead atoms. The molecule has 1 aliphatic heterocycles. The van der Waals surface area contributed by atoms with Gasteiger partial charge in [-0.2, -0.15) is 0 Å². The van der Waals surface area contributed by atoms with Gasteiger partial charge in [0, 0.05) is 51.0 Å². The number of benzene rings is 1. The molecule has 0 aromatic heterocycles. The molecule has 0 spiro atoms. The lowest BCUT2D eigenvalue weighted by molar-refractivity contribution is -0.384. The highest BCUT2D eigenvalue weighted by Crippen LogP contribution is 2.21. The van der Waals surface area contributed by atoms with Crippen molar-refractivity contribution < 1.29 is 18.1 Å². The molecule has 2 rings (SSSR count).